The first-order chi connectivity index (χ1) is 12.7. The van der Waals surface area contributed by atoms with Gasteiger partial charge in [0.25, 0.3) is 0 Å². The molecule has 26 heavy (non-hydrogen) atoms. The van der Waals surface area contributed by atoms with Gasteiger partial charge in [-0.2, -0.15) is 0 Å². The molecule has 0 aliphatic carbocycles. The van der Waals surface area contributed by atoms with Crippen LogP contribution in [0.4, 0.5) is 0 Å². The normalized spacial score (nSPS) is 17.7. The number of hydrogen-bond acceptors (Lipinski definition) is 7. The summed E-state index contributed by atoms with van der Waals surface area (Å²) in [5.41, 5.74) is 4.67. The Bertz CT molecular complexity index is 842. The molecular formula is C19H22N6O. The van der Waals surface area contributed by atoms with Gasteiger partial charge in [0.05, 0.1) is 34.5 Å². The monoisotopic (exact) mass is 350 g/mol. The Morgan fingerprint density at radius 2 is 2.00 bits per heavy atom. The molecule has 7 nitrogen and oxygen atoms in total. The Morgan fingerprint density at radius 1 is 1.08 bits per heavy atom. The second-order valence-corrected chi connectivity index (χ2v) is 6.88. The van der Waals surface area contributed by atoms with E-state index < -0.39 is 0 Å². The van der Waals surface area contributed by atoms with E-state index in [0.717, 1.165) is 60.2 Å². The highest BCUT2D eigenvalue weighted by Crippen LogP contribution is 2.25. The summed E-state index contributed by atoms with van der Waals surface area (Å²) in [5, 5.41) is 3.98. The van der Waals surface area contributed by atoms with Crippen LogP contribution in [0, 0.1) is 19.8 Å². The Hall–Kier alpha value is -2.67. The summed E-state index contributed by atoms with van der Waals surface area (Å²) < 4.78 is 5.22. The molecular weight excluding hydrogens is 328 g/mol. The zero-order valence-electron chi connectivity index (χ0n) is 15.1. The molecule has 134 valence electrons. The van der Waals surface area contributed by atoms with Crippen LogP contribution in [0.15, 0.2) is 35.5 Å². The van der Waals surface area contributed by atoms with E-state index in [1.807, 2.05) is 32.4 Å². The van der Waals surface area contributed by atoms with Crippen molar-refractivity contribution in [1.29, 1.82) is 0 Å². The highest BCUT2D eigenvalue weighted by atomic mass is 16.5. The molecule has 1 fully saturated rings. The minimum absolute atomic E-state index is 0.603. The zero-order chi connectivity index (χ0) is 17.9. The number of hydrogen-bond donors (Lipinski definition) is 0. The first-order valence-electron chi connectivity index (χ1n) is 8.90. The van der Waals surface area contributed by atoms with Crippen molar-refractivity contribution in [2.24, 2.45) is 5.92 Å². The maximum Gasteiger partial charge on any atom is 0.143 e. The van der Waals surface area contributed by atoms with E-state index in [2.05, 4.69) is 30.0 Å². The quantitative estimate of drug-likeness (QED) is 0.699. The molecule has 1 atom stereocenters. The standard InChI is InChI=1S/C19H22N6O/c1-13-19(14(2)26-24-13)18-10-22-16(9-23-18)7-15-3-6-25(11-15)12-17-8-20-4-5-21-17/h4-5,8-10,15H,3,6-7,11-12H2,1-2H3. The molecule has 4 heterocycles. The van der Waals surface area contributed by atoms with Crippen molar-refractivity contribution < 1.29 is 4.52 Å². The van der Waals surface area contributed by atoms with E-state index in [1.54, 1.807) is 12.4 Å². The molecule has 0 radical (unpaired) electrons. The van der Waals surface area contributed by atoms with Gasteiger partial charge in [0.2, 0.25) is 0 Å². The minimum Gasteiger partial charge on any atom is -0.361 e. The van der Waals surface area contributed by atoms with E-state index >= 15 is 0 Å². The van der Waals surface area contributed by atoms with Crippen LogP contribution in [0.5, 0.6) is 0 Å². The van der Waals surface area contributed by atoms with Gasteiger partial charge >= 0.3 is 0 Å². The number of nitrogens with zero attached hydrogens (tertiary/aromatic N) is 6. The largest absolute Gasteiger partial charge is 0.361 e. The summed E-state index contributed by atoms with van der Waals surface area (Å²) in [6.07, 6.45) is 11.1. The van der Waals surface area contributed by atoms with Crippen LogP contribution in [-0.2, 0) is 13.0 Å². The Labute approximate surface area is 152 Å². The molecule has 1 saturated heterocycles. The molecule has 3 aromatic rings. The Balaban J connectivity index is 1.36. The highest BCUT2D eigenvalue weighted by molar-refractivity contribution is 5.62. The number of aromatic nitrogens is 5. The fourth-order valence-electron chi connectivity index (χ4n) is 3.60. The summed E-state index contributed by atoms with van der Waals surface area (Å²) in [7, 11) is 0. The fraction of sp³-hybridized carbons (Fsp3) is 0.421. The van der Waals surface area contributed by atoms with Gasteiger partial charge in [0.15, 0.2) is 0 Å². The van der Waals surface area contributed by atoms with Gasteiger partial charge in [0, 0.05) is 37.9 Å². The minimum atomic E-state index is 0.603. The fourth-order valence-corrected chi connectivity index (χ4v) is 3.60. The van der Waals surface area contributed by atoms with E-state index in [1.165, 1.54) is 6.42 Å². The molecule has 7 heteroatoms. The van der Waals surface area contributed by atoms with Gasteiger partial charge in [-0.1, -0.05) is 5.16 Å². The lowest BCUT2D eigenvalue weighted by Gasteiger charge is -2.15. The molecule has 0 aromatic carbocycles. The van der Waals surface area contributed by atoms with Crippen LogP contribution in [0.1, 0.15) is 29.3 Å². The molecule has 0 N–H and O–H groups in total. The second kappa shape index (κ2) is 7.29. The van der Waals surface area contributed by atoms with Crippen molar-refractivity contribution in [1.82, 2.24) is 30.0 Å². The van der Waals surface area contributed by atoms with Gasteiger partial charge in [0.1, 0.15) is 5.76 Å². The third kappa shape index (κ3) is 3.62. The van der Waals surface area contributed by atoms with Gasteiger partial charge in [-0.25, -0.2) is 0 Å². The lowest BCUT2D eigenvalue weighted by molar-refractivity contribution is 0.311. The van der Waals surface area contributed by atoms with E-state index in [-0.39, 0.29) is 0 Å². The number of aryl methyl sites for hydroxylation is 2. The molecule has 3 aromatic heterocycles. The maximum absolute atomic E-state index is 5.22. The van der Waals surface area contributed by atoms with Crippen molar-refractivity contribution in [3.8, 4) is 11.3 Å². The third-order valence-corrected chi connectivity index (χ3v) is 4.86. The van der Waals surface area contributed by atoms with Crippen molar-refractivity contribution in [3.05, 3.63) is 53.8 Å². The molecule has 1 aliphatic heterocycles. The maximum atomic E-state index is 5.22. The molecule has 1 aliphatic rings. The number of rotatable bonds is 5. The Kier molecular flexibility index (Phi) is 4.71. The first kappa shape index (κ1) is 16.8. The SMILES string of the molecule is Cc1noc(C)c1-c1cnc(CC2CCN(Cc3cnccn3)C2)cn1. The van der Waals surface area contributed by atoms with Crippen LogP contribution in [0.3, 0.4) is 0 Å². The lowest BCUT2D eigenvalue weighted by atomic mass is 10.0. The smallest absolute Gasteiger partial charge is 0.143 e. The summed E-state index contributed by atoms with van der Waals surface area (Å²) in [6.45, 7) is 6.83. The van der Waals surface area contributed by atoms with Gasteiger partial charge in [-0.05, 0) is 39.2 Å². The van der Waals surface area contributed by atoms with E-state index in [4.69, 9.17) is 4.52 Å². The molecule has 0 spiro atoms. The topological polar surface area (TPSA) is 80.8 Å². The van der Waals surface area contributed by atoms with E-state index in [9.17, 15) is 0 Å². The first-order valence-corrected chi connectivity index (χ1v) is 8.90. The van der Waals surface area contributed by atoms with E-state index in [0.29, 0.717) is 5.92 Å². The predicted octanol–water partition coefficient (Wildman–Crippen LogP) is 2.60. The van der Waals surface area contributed by atoms with Gasteiger partial charge in [-0.3, -0.25) is 24.8 Å². The molecule has 0 saturated carbocycles. The Morgan fingerprint density at radius 3 is 2.69 bits per heavy atom. The summed E-state index contributed by atoms with van der Waals surface area (Å²) in [6, 6.07) is 0. The molecule has 1 unspecified atom stereocenters. The average Bonchev–Trinajstić information content (AvgIpc) is 3.23. The zero-order valence-corrected chi connectivity index (χ0v) is 15.1. The van der Waals surface area contributed by atoms with Crippen molar-refractivity contribution in [3.63, 3.8) is 0 Å². The van der Waals surface area contributed by atoms with Crippen LogP contribution in [-0.4, -0.2) is 43.1 Å². The highest BCUT2D eigenvalue weighted by Gasteiger charge is 2.23. The lowest BCUT2D eigenvalue weighted by Crippen LogP contribution is -2.21. The van der Waals surface area contributed by atoms with Crippen molar-refractivity contribution >= 4 is 0 Å². The second-order valence-electron chi connectivity index (χ2n) is 6.88. The summed E-state index contributed by atoms with van der Waals surface area (Å²) in [4.78, 5) is 20.1. The van der Waals surface area contributed by atoms with Gasteiger partial charge < -0.3 is 4.52 Å². The van der Waals surface area contributed by atoms with Crippen LogP contribution in [0.2, 0.25) is 0 Å². The molecule has 0 amide bonds. The number of likely N-dealkylation sites (tertiary alicyclic amines) is 1. The summed E-state index contributed by atoms with van der Waals surface area (Å²) >= 11 is 0. The summed E-state index contributed by atoms with van der Waals surface area (Å²) in [5.74, 6) is 1.38. The van der Waals surface area contributed by atoms with Crippen LogP contribution < -0.4 is 0 Å². The van der Waals surface area contributed by atoms with Crippen LogP contribution in [0.25, 0.3) is 11.3 Å². The molecule has 0 bridgehead atoms. The predicted molar refractivity (Wildman–Crippen MR) is 96.1 cm³/mol. The van der Waals surface area contributed by atoms with Crippen molar-refractivity contribution in [2.75, 3.05) is 13.1 Å². The molecule has 4 rings (SSSR count). The van der Waals surface area contributed by atoms with Crippen molar-refractivity contribution in [2.45, 2.75) is 33.2 Å². The third-order valence-electron chi connectivity index (χ3n) is 4.86. The average molecular weight is 350 g/mol. The van der Waals surface area contributed by atoms with Crippen LogP contribution >= 0.6 is 0 Å². The van der Waals surface area contributed by atoms with Gasteiger partial charge in [-0.15, -0.1) is 0 Å².